The monoisotopic (exact) mass is 213 g/mol. The second-order valence-corrected chi connectivity index (χ2v) is 4.64. The van der Waals surface area contributed by atoms with Crippen molar-refractivity contribution in [3.63, 3.8) is 0 Å². The molecule has 0 fully saturated rings. The Morgan fingerprint density at radius 1 is 1.31 bits per heavy atom. The lowest BCUT2D eigenvalue weighted by molar-refractivity contribution is 0.152. The summed E-state index contributed by atoms with van der Waals surface area (Å²) in [5.41, 5.74) is 4.36. The van der Waals surface area contributed by atoms with E-state index in [1.165, 1.54) is 16.5 Å². The second-order valence-electron chi connectivity index (χ2n) is 4.64. The molecular weight excluding hydrogens is 198 g/mol. The number of rotatable bonds is 0. The van der Waals surface area contributed by atoms with Crippen molar-refractivity contribution < 1.29 is 5.11 Å². The van der Waals surface area contributed by atoms with Gasteiger partial charge >= 0.3 is 0 Å². The fraction of sp³-hybridized carbons (Fsp3) is 0.357. The highest BCUT2D eigenvalue weighted by molar-refractivity contribution is 5.80. The van der Waals surface area contributed by atoms with E-state index >= 15 is 0 Å². The molecule has 1 unspecified atom stereocenters. The van der Waals surface area contributed by atoms with Crippen molar-refractivity contribution in [3.05, 3.63) is 41.1 Å². The third kappa shape index (κ3) is 1.50. The van der Waals surface area contributed by atoms with Crippen LogP contribution in [0.3, 0.4) is 0 Å². The Labute approximate surface area is 94.9 Å². The van der Waals surface area contributed by atoms with Crippen LogP contribution in [0.15, 0.2) is 24.3 Å². The summed E-state index contributed by atoms with van der Waals surface area (Å²) in [6.45, 7) is 2.09. The molecule has 0 bridgehead atoms. The Hall–Kier alpha value is -1.41. The maximum absolute atomic E-state index is 9.91. The minimum Gasteiger partial charge on any atom is -0.387 e. The molecule has 0 spiro atoms. The molecular formula is C14H15NO. The van der Waals surface area contributed by atoms with Gasteiger partial charge in [0.05, 0.1) is 17.3 Å². The van der Waals surface area contributed by atoms with Gasteiger partial charge in [0.25, 0.3) is 0 Å². The molecule has 1 aliphatic rings. The molecule has 3 rings (SSSR count). The van der Waals surface area contributed by atoms with Gasteiger partial charge < -0.3 is 5.11 Å². The van der Waals surface area contributed by atoms with Crippen molar-refractivity contribution in [2.45, 2.75) is 32.3 Å². The van der Waals surface area contributed by atoms with Gasteiger partial charge in [0.15, 0.2) is 0 Å². The molecule has 0 amide bonds. The predicted octanol–water partition coefficient (Wildman–Crippen LogP) is 2.91. The van der Waals surface area contributed by atoms with Crippen LogP contribution in [-0.2, 0) is 6.42 Å². The summed E-state index contributed by atoms with van der Waals surface area (Å²) in [6.07, 6.45) is 2.59. The number of aliphatic hydroxyl groups is 1. The average molecular weight is 213 g/mol. The fourth-order valence-corrected chi connectivity index (χ4v) is 2.47. The molecule has 1 aromatic carbocycles. The molecule has 1 heterocycles. The van der Waals surface area contributed by atoms with Crippen molar-refractivity contribution in [2.24, 2.45) is 0 Å². The zero-order valence-electron chi connectivity index (χ0n) is 9.40. The lowest BCUT2D eigenvalue weighted by Crippen LogP contribution is -2.11. The number of hydrogen-bond donors (Lipinski definition) is 1. The highest BCUT2D eigenvalue weighted by atomic mass is 16.3. The molecule has 0 radical (unpaired) electrons. The Balaban J connectivity index is 2.26. The summed E-state index contributed by atoms with van der Waals surface area (Å²) in [5, 5.41) is 11.1. The minimum atomic E-state index is -0.366. The summed E-state index contributed by atoms with van der Waals surface area (Å²) in [7, 11) is 0. The number of fused-ring (bicyclic) bond motifs is 2. The molecule has 2 heteroatoms. The molecule has 1 atom stereocenters. The van der Waals surface area contributed by atoms with E-state index in [-0.39, 0.29) is 6.10 Å². The van der Waals surface area contributed by atoms with E-state index in [1.807, 2.05) is 6.07 Å². The minimum absolute atomic E-state index is 0.366. The van der Waals surface area contributed by atoms with Gasteiger partial charge in [-0.15, -0.1) is 0 Å². The lowest BCUT2D eigenvalue weighted by Gasteiger charge is -2.20. The van der Waals surface area contributed by atoms with E-state index in [0.29, 0.717) is 0 Å². The highest BCUT2D eigenvalue weighted by Crippen LogP contribution is 2.30. The van der Waals surface area contributed by atoms with Crippen LogP contribution in [0, 0.1) is 6.92 Å². The summed E-state index contributed by atoms with van der Waals surface area (Å²) >= 11 is 0. The van der Waals surface area contributed by atoms with Crippen LogP contribution in [-0.4, -0.2) is 10.1 Å². The number of aliphatic hydroxyl groups excluding tert-OH is 1. The van der Waals surface area contributed by atoms with Crippen molar-refractivity contribution in [1.29, 1.82) is 0 Å². The van der Waals surface area contributed by atoms with Gasteiger partial charge in [0, 0.05) is 5.39 Å². The van der Waals surface area contributed by atoms with Crippen LogP contribution in [0.5, 0.6) is 0 Å². The van der Waals surface area contributed by atoms with Gasteiger partial charge in [-0.25, -0.2) is 4.98 Å². The first-order valence-corrected chi connectivity index (χ1v) is 5.82. The second kappa shape index (κ2) is 3.56. The summed E-state index contributed by atoms with van der Waals surface area (Å²) < 4.78 is 0. The van der Waals surface area contributed by atoms with E-state index in [2.05, 4.69) is 30.1 Å². The first kappa shape index (κ1) is 9.79. The Morgan fingerprint density at radius 3 is 3.06 bits per heavy atom. The van der Waals surface area contributed by atoms with E-state index in [4.69, 9.17) is 0 Å². The number of pyridine rings is 1. The molecule has 16 heavy (non-hydrogen) atoms. The van der Waals surface area contributed by atoms with Gasteiger partial charge in [-0.3, -0.25) is 0 Å². The quantitative estimate of drug-likeness (QED) is 0.730. The Morgan fingerprint density at radius 2 is 2.19 bits per heavy atom. The van der Waals surface area contributed by atoms with Crippen molar-refractivity contribution in [1.82, 2.24) is 4.98 Å². The topological polar surface area (TPSA) is 33.1 Å². The number of aryl methyl sites for hydroxylation is 2. The van der Waals surface area contributed by atoms with Crippen LogP contribution >= 0.6 is 0 Å². The van der Waals surface area contributed by atoms with E-state index in [9.17, 15) is 5.11 Å². The number of aromatic nitrogens is 1. The molecule has 1 N–H and O–H groups in total. The molecule has 2 nitrogen and oxygen atoms in total. The van der Waals surface area contributed by atoms with Crippen LogP contribution in [0.1, 0.15) is 35.8 Å². The van der Waals surface area contributed by atoms with Gasteiger partial charge in [-0.2, -0.15) is 0 Å². The van der Waals surface area contributed by atoms with Crippen molar-refractivity contribution >= 4 is 10.9 Å². The van der Waals surface area contributed by atoms with Gasteiger partial charge in [0.1, 0.15) is 0 Å². The SMILES string of the molecule is Cc1ccc2nc3c(cc2c1)CCCC3O. The normalized spacial score (nSPS) is 19.8. The maximum Gasteiger partial charge on any atom is 0.0962 e. The molecule has 1 aromatic heterocycles. The number of hydrogen-bond acceptors (Lipinski definition) is 2. The average Bonchev–Trinajstić information content (AvgIpc) is 2.27. The Kier molecular flexibility index (Phi) is 2.18. The van der Waals surface area contributed by atoms with Gasteiger partial charge in [-0.1, -0.05) is 11.6 Å². The lowest BCUT2D eigenvalue weighted by atomic mass is 9.92. The van der Waals surface area contributed by atoms with Crippen LogP contribution < -0.4 is 0 Å². The molecule has 0 saturated heterocycles. The molecule has 1 aliphatic carbocycles. The summed E-state index contributed by atoms with van der Waals surface area (Å²) in [6, 6.07) is 8.44. The van der Waals surface area contributed by atoms with Gasteiger partial charge in [0.2, 0.25) is 0 Å². The maximum atomic E-state index is 9.91. The summed E-state index contributed by atoms with van der Waals surface area (Å²) in [4.78, 5) is 4.59. The van der Waals surface area contributed by atoms with E-state index in [0.717, 1.165) is 30.5 Å². The Bertz CT molecular complexity index is 548. The van der Waals surface area contributed by atoms with Crippen molar-refractivity contribution in [2.75, 3.05) is 0 Å². The first-order chi connectivity index (χ1) is 7.74. The molecule has 0 aliphatic heterocycles. The van der Waals surface area contributed by atoms with Crippen LogP contribution in [0.25, 0.3) is 10.9 Å². The van der Waals surface area contributed by atoms with Crippen LogP contribution in [0.4, 0.5) is 0 Å². The smallest absolute Gasteiger partial charge is 0.0962 e. The molecule has 82 valence electrons. The third-order valence-corrected chi connectivity index (χ3v) is 3.32. The zero-order chi connectivity index (χ0) is 11.1. The highest BCUT2D eigenvalue weighted by Gasteiger charge is 2.19. The predicted molar refractivity (Wildman–Crippen MR) is 64.4 cm³/mol. The molecule has 2 aromatic rings. The number of benzene rings is 1. The summed E-state index contributed by atoms with van der Waals surface area (Å²) in [5.74, 6) is 0. The third-order valence-electron chi connectivity index (χ3n) is 3.32. The van der Waals surface area contributed by atoms with E-state index in [1.54, 1.807) is 0 Å². The number of nitrogens with zero attached hydrogens (tertiary/aromatic N) is 1. The first-order valence-electron chi connectivity index (χ1n) is 5.82. The standard InChI is InChI=1S/C14H15NO/c1-9-5-6-12-11(7-9)8-10-3-2-4-13(16)14(10)15-12/h5-8,13,16H,2-4H2,1H3. The van der Waals surface area contributed by atoms with E-state index < -0.39 is 0 Å². The fourth-order valence-electron chi connectivity index (χ4n) is 2.47. The largest absolute Gasteiger partial charge is 0.387 e. The molecule has 0 saturated carbocycles. The van der Waals surface area contributed by atoms with Crippen molar-refractivity contribution in [3.8, 4) is 0 Å². The van der Waals surface area contributed by atoms with Gasteiger partial charge in [-0.05, 0) is 49.9 Å². The van der Waals surface area contributed by atoms with Crippen LogP contribution in [0.2, 0.25) is 0 Å². The zero-order valence-corrected chi connectivity index (χ0v) is 9.40.